The topological polar surface area (TPSA) is 111 Å². The number of carboxylic acid groups (broad SMARTS) is 1. The molecule has 9 heteroatoms. The van der Waals surface area contributed by atoms with Gasteiger partial charge in [-0.15, -0.1) is 0 Å². The molecule has 8 nitrogen and oxygen atoms in total. The molecule has 0 saturated carbocycles. The number of aromatic nitrogens is 2. The van der Waals surface area contributed by atoms with E-state index >= 15 is 0 Å². The predicted molar refractivity (Wildman–Crippen MR) is 68.6 cm³/mol. The molecular weight excluding hydrogens is 286 g/mol. The molecule has 1 saturated heterocycles. The summed E-state index contributed by atoms with van der Waals surface area (Å²) in [7, 11) is -3.67. The number of sulfonamides is 1. The number of nitrogens with one attached hydrogen (secondary N) is 1. The number of carboxylic acids is 1. The van der Waals surface area contributed by atoms with E-state index in [1.54, 1.807) is 0 Å². The number of nitrogens with zero attached hydrogens (tertiary/aromatic N) is 2. The fraction of sp³-hybridized carbons (Fsp3) is 0.636. The maximum absolute atomic E-state index is 12.0. The first kappa shape index (κ1) is 14.9. The summed E-state index contributed by atoms with van der Waals surface area (Å²) in [4.78, 5) is 10.5. The van der Waals surface area contributed by atoms with Crippen LogP contribution in [-0.2, 0) is 26.1 Å². The number of ether oxygens (including phenoxy) is 1. The quantitative estimate of drug-likeness (QED) is 0.744. The van der Waals surface area contributed by atoms with Gasteiger partial charge in [-0.3, -0.25) is 9.48 Å². The van der Waals surface area contributed by atoms with Gasteiger partial charge in [0.15, 0.2) is 0 Å². The van der Waals surface area contributed by atoms with Gasteiger partial charge in [-0.2, -0.15) is 5.10 Å². The lowest BCUT2D eigenvalue weighted by molar-refractivity contribution is -0.137. The highest BCUT2D eigenvalue weighted by Crippen LogP contribution is 2.20. The van der Waals surface area contributed by atoms with Crippen molar-refractivity contribution in [2.24, 2.45) is 5.92 Å². The van der Waals surface area contributed by atoms with Gasteiger partial charge in [0.1, 0.15) is 11.4 Å². The summed E-state index contributed by atoms with van der Waals surface area (Å²) in [5.74, 6) is -0.930. The highest BCUT2D eigenvalue weighted by molar-refractivity contribution is 7.89. The summed E-state index contributed by atoms with van der Waals surface area (Å²) in [6.07, 6.45) is 3.19. The van der Waals surface area contributed by atoms with E-state index in [9.17, 15) is 13.2 Å². The minimum absolute atomic E-state index is 0.0347. The Balaban J connectivity index is 1.99. The van der Waals surface area contributed by atoms with Crippen LogP contribution in [0.4, 0.5) is 0 Å². The standard InChI is InChI=1S/C11H17N3O5S/c1-8-9(2-3-19-8)4-13-20(17,18)10-5-12-14(6-10)7-11(15)16/h5-6,8-9,13H,2-4,7H2,1H3,(H,15,16). The van der Waals surface area contributed by atoms with Crippen LogP contribution in [0.3, 0.4) is 0 Å². The van der Waals surface area contributed by atoms with Gasteiger partial charge in [0.05, 0.1) is 12.3 Å². The van der Waals surface area contributed by atoms with E-state index in [-0.39, 0.29) is 23.5 Å². The van der Waals surface area contributed by atoms with E-state index in [4.69, 9.17) is 9.84 Å². The van der Waals surface area contributed by atoms with Crippen LogP contribution in [0.15, 0.2) is 17.3 Å². The Bertz CT molecular complexity index is 583. The van der Waals surface area contributed by atoms with Crippen LogP contribution in [0.5, 0.6) is 0 Å². The van der Waals surface area contributed by atoms with Gasteiger partial charge in [0, 0.05) is 25.3 Å². The lowest BCUT2D eigenvalue weighted by Crippen LogP contribution is -2.31. The molecule has 1 aliphatic heterocycles. The predicted octanol–water partition coefficient (Wildman–Crippen LogP) is -0.329. The number of hydrogen-bond donors (Lipinski definition) is 2. The fourth-order valence-corrected chi connectivity index (χ4v) is 3.10. The van der Waals surface area contributed by atoms with Crippen molar-refractivity contribution in [2.45, 2.75) is 30.9 Å². The minimum Gasteiger partial charge on any atom is -0.480 e. The highest BCUT2D eigenvalue weighted by Gasteiger charge is 2.26. The number of hydrogen-bond acceptors (Lipinski definition) is 5. The number of carbonyl (C=O) groups is 1. The van der Waals surface area contributed by atoms with Crippen LogP contribution in [-0.4, -0.2) is 48.5 Å². The largest absolute Gasteiger partial charge is 0.480 e. The van der Waals surface area contributed by atoms with E-state index < -0.39 is 16.0 Å². The molecule has 1 aromatic heterocycles. The second kappa shape index (κ2) is 5.90. The second-order valence-corrected chi connectivity index (χ2v) is 6.51. The average molecular weight is 303 g/mol. The van der Waals surface area contributed by atoms with Crippen molar-refractivity contribution in [3.05, 3.63) is 12.4 Å². The van der Waals surface area contributed by atoms with Crippen LogP contribution in [0, 0.1) is 5.92 Å². The smallest absolute Gasteiger partial charge is 0.325 e. The zero-order valence-electron chi connectivity index (χ0n) is 11.0. The van der Waals surface area contributed by atoms with Crippen molar-refractivity contribution in [3.63, 3.8) is 0 Å². The molecule has 2 heterocycles. The maximum atomic E-state index is 12.0. The van der Waals surface area contributed by atoms with Crippen LogP contribution in [0.25, 0.3) is 0 Å². The lowest BCUT2D eigenvalue weighted by Gasteiger charge is -2.14. The van der Waals surface area contributed by atoms with E-state index in [1.165, 1.54) is 6.20 Å². The third kappa shape index (κ3) is 3.56. The van der Waals surface area contributed by atoms with Crippen LogP contribution >= 0.6 is 0 Å². The Hall–Kier alpha value is -1.45. The molecule has 0 amide bonds. The van der Waals surface area contributed by atoms with E-state index in [0.717, 1.165) is 17.3 Å². The van der Waals surface area contributed by atoms with E-state index in [1.807, 2.05) is 6.92 Å². The summed E-state index contributed by atoms with van der Waals surface area (Å²) in [6.45, 7) is 2.48. The zero-order chi connectivity index (χ0) is 14.8. The van der Waals surface area contributed by atoms with Crippen molar-refractivity contribution in [1.29, 1.82) is 0 Å². The lowest BCUT2D eigenvalue weighted by atomic mass is 10.0. The molecule has 1 aromatic rings. The molecule has 0 bridgehead atoms. The van der Waals surface area contributed by atoms with Gasteiger partial charge in [0.25, 0.3) is 0 Å². The Morgan fingerprint density at radius 3 is 3.00 bits per heavy atom. The van der Waals surface area contributed by atoms with Gasteiger partial charge < -0.3 is 9.84 Å². The zero-order valence-corrected chi connectivity index (χ0v) is 11.8. The Kier molecular flexibility index (Phi) is 4.41. The summed E-state index contributed by atoms with van der Waals surface area (Å²) in [5.41, 5.74) is 0. The molecule has 1 aliphatic rings. The number of rotatable bonds is 6. The molecule has 2 atom stereocenters. The fourth-order valence-electron chi connectivity index (χ4n) is 2.05. The second-order valence-electron chi connectivity index (χ2n) is 4.74. The first-order valence-electron chi connectivity index (χ1n) is 6.24. The van der Waals surface area contributed by atoms with Gasteiger partial charge in [0.2, 0.25) is 10.0 Å². The van der Waals surface area contributed by atoms with Crippen molar-refractivity contribution >= 4 is 16.0 Å². The van der Waals surface area contributed by atoms with Gasteiger partial charge >= 0.3 is 5.97 Å². The van der Waals surface area contributed by atoms with E-state index in [2.05, 4.69) is 9.82 Å². The Morgan fingerprint density at radius 2 is 2.40 bits per heavy atom. The molecule has 112 valence electrons. The van der Waals surface area contributed by atoms with Crippen LogP contribution in [0.1, 0.15) is 13.3 Å². The molecule has 20 heavy (non-hydrogen) atoms. The maximum Gasteiger partial charge on any atom is 0.325 e. The molecule has 2 rings (SSSR count). The SMILES string of the molecule is CC1OCCC1CNS(=O)(=O)c1cnn(CC(=O)O)c1. The van der Waals surface area contributed by atoms with E-state index in [0.29, 0.717) is 13.2 Å². The average Bonchev–Trinajstić information content (AvgIpc) is 2.95. The minimum atomic E-state index is -3.67. The van der Waals surface area contributed by atoms with Crippen LogP contribution < -0.4 is 4.72 Å². The first-order chi connectivity index (χ1) is 9.38. The third-order valence-corrected chi connectivity index (χ3v) is 4.66. The van der Waals surface area contributed by atoms with Crippen LogP contribution in [0.2, 0.25) is 0 Å². The van der Waals surface area contributed by atoms with Gasteiger partial charge in [-0.05, 0) is 13.3 Å². The van der Waals surface area contributed by atoms with Gasteiger partial charge in [-0.25, -0.2) is 13.1 Å². The van der Waals surface area contributed by atoms with Crippen molar-refractivity contribution in [1.82, 2.24) is 14.5 Å². The molecule has 2 unspecified atom stereocenters. The summed E-state index contributed by atoms with van der Waals surface area (Å²) in [6, 6.07) is 0. The Morgan fingerprint density at radius 1 is 1.65 bits per heavy atom. The highest BCUT2D eigenvalue weighted by atomic mass is 32.2. The first-order valence-corrected chi connectivity index (χ1v) is 7.72. The molecule has 1 fully saturated rings. The molecule has 2 N–H and O–H groups in total. The molecule has 0 aromatic carbocycles. The Labute approximate surface area is 116 Å². The summed E-state index contributed by atoms with van der Waals surface area (Å²) in [5, 5.41) is 12.3. The monoisotopic (exact) mass is 303 g/mol. The normalized spacial score (nSPS) is 23.1. The summed E-state index contributed by atoms with van der Waals surface area (Å²) >= 11 is 0. The third-order valence-electron chi connectivity index (χ3n) is 3.29. The number of aliphatic carboxylic acids is 1. The van der Waals surface area contributed by atoms with Crippen molar-refractivity contribution in [2.75, 3.05) is 13.2 Å². The van der Waals surface area contributed by atoms with Gasteiger partial charge in [-0.1, -0.05) is 0 Å². The molecular formula is C11H17N3O5S. The molecule has 0 radical (unpaired) electrons. The molecule has 0 aliphatic carbocycles. The summed E-state index contributed by atoms with van der Waals surface area (Å²) < 4.78 is 33.0. The van der Waals surface area contributed by atoms with Crippen molar-refractivity contribution < 1.29 is 23.1 Å². The molecule has 0 spiro atoms. The van der Waals surface area contributed by atoms with Crippen molar-refractivity contribution in [3.8, 4) is 0 Å².